The van der Waals surface area contributed by atoms with Gasteiger partial charge in [-0.25, -0.2) is 0 Å². The maximum Gasteiger partial charge on any atom is 0.239 e. The summed E-state index contributed by atoms with van der Waals surface area (Å²) in [5.74, 6) is 1.26. The van der Waals surface area contributed by atoms with Crippen LogP contribution in [0.3, 0.4) is 0 Å². The molecule has 0 saturated carbocycles. The van der Waals surface area contributed by atoms with E-state index in [1.54, 1.807) is 0 Å². The van der Waals surface area contributed by atoms with E-state index in [4.69, 9.17) is 9.68 Å². The van der Waals surface area contributed by atoms with Gasteiger partial charge in [-0.05, 0) is 69.3 Å². The summed E-state index contributed by atoms with van der Waals surface area (Å²) in [4.78, 5) is 14.8. The molecular formula is C21H25N3O2. The molecule has 26 heavy (non-hydrogen) atoms. The number of amides is 1. The van der Waals surface area contributed by atoms with Crippen molar-refractivity contribution in [2.45, 2.75) is 57.5 Å². The molecule has 0 spiro atoms. The van der Waals surface area contributed by atoms with Crippen LogP contribution in [0.4, 0.5) is 0 Å². The molecule has 2 fully saturated rings. The van der Waals surface area contributed by atoms with Crippen molar-refractivity contribution in [3.05, 3.63) is 35.1 Å². The number of aryl methyl sites for hydroxylation is 2. The average Bonchev–Trinajstić information content (AvgIpc) is 3.40. The SMILES string of the molecule is Cc1c(CCC2CCCN2C(=O)C2CCCN2)oc2cc(C#N)ccc12. The predicted molar refractivity (Wildman–Crippen MR) is 99.7 cm³/mol. The Bertz CT molecular complexity index is 858. The lowest BCUT2D eigenvalue weighted by atomic mass is 10.0. The van der Waals surface area contributed by atoms with Gasteiger partial charge in [-0.3, -0.25) is 4.79 Å². The van der Waals surface area contributed by atoms with Gasteiger partial charge in [0.05, 0.1) is 17.7 Å². The predicted octanol–water partition coefficient (Wildman–Crippen LogP) is 3.29. The molecule has 3 heterocycles. The van der Waals surface area contributed by atoms with Gasteiger partial charge >= 0.3 is 0 Å². The highest BCUT2D eigenvalue weighted by molar-refractivity contribution is 5.83. The average molecular weight is 351 g/mol. The number of likely N-dealkylation sites (tertiary alicyclic amines) is 1. The maximum absolute atomic E-state index is 12.8. The molecule has 1 aromatic heterocycles. The van der Waals surface area contributed by atoms with Gasteiger partial charge in [0.1, 0.15) is 11.3 Å². The first-order chi connectivity index (χ1) is 12.7. The summed E-state index contributed by atoms with van der Waals surface area (Å²) >= 11 is 0. The number of nitrogens with zero attached hydrogens (tertiary/aromatic N) is 2. The van der Waals surface area contributed by atoms with E-state index in [9.17, 15) is 4.79 Å². The van der Waals surface area contributed by atoms with E-state index in [-0.39, 0.29) is 11.9 Å². The summed E-state index contributed by atoms with van der Waals surface area (Å²) in [5.41, 5.74) is 2.55. The van der Waals surface area contributed by atoms with E-state index in [0.29, 0.717) is 11.6 Å². The first-order valence-corrected chi connectivity index (χ1v) is 9.63. The highest BCUT2D eigenvalue weighted by atomic mass is 16.3. The fraction of sp³-hybridized carbons (Fsp3) is 0.524. The Hall–Kier alpha value is -2.32. The van der Waals surface area contributed by atoms with Gasteiger partial charge in [0.25, 0.3) is 0 Å². The highest BCUT2D eigenvalue weighted by Crippen LogP contribution is 2.29. The number of carbonyl (C=O) groups excluding carboxylic acids is 1. The Morgan fingerprint density at radius 3 is 3.04 bits per heavy atom. The van der Waals surface area contributed by atoms with Gasteiger partial charge in [-0.1, -0.05) is 0 Å². The number of benzene rings is 1. The molecule has 0 radical (unpaired) electrons. The first kappa shape index (κ1) is 17.1. The lowest BCUT2D eigenvalue weighted by molar-refractivity contribution is -0.134. The third-order valence-electron chi connectivity index (χ3n) is 5.89. The second-order valence-electron chi connectivity index (χ2n) is 7.49. The van der Waals surface area contributed by atoms with Crippen LogP contribution in [0.25, 0.3) is 11.0 Å². The van der Waals surface area contributed by atoms with Crippen LogP contribution >= 0.6 is 0 Å². The third kappa shape index (κ3) is 3.10. The van der Waals surface area contributed by atoms with Crippen molar-refractivity contribution >= 4 is 16.9 Å². The van der Waals surface area contributed by atoms with Crippen LogP contribution in [0.5, 0.6) is 0 Å². The quantitative estimate of drug-likeness (QED) is 0.918. The second-order valence-corrected chi connectivity index (χ2v) is 7.49. The van der Waals surface area contributed by atoms with Crippen molar-refractivity contribution in [2.24, 2.45) is 0 Å². The van der Waals surface area contributed by atoms with Crippen molar-refractivity contribution in [3.63, 3.8) is 0 Å². The van der Waals surface area contributed by atoms with Crippen molar-refractivity contribution < 1.29 is 9.21 Å². The smallest absolute Gasteiger partial charge is 0.239 e. The Morgan fingerprint density at radius 2 is 2.27 bits per heavy atom. The zero-order valence-corrected chi connectivity index (χ0v) is 15.3. The first-order valence-electron chi connectivity index (χ1n) is 9.63. The molecule has 2 atom stereocenters. The summed E-state index contributed by atoms with van der Waals surface area (Å²) in [6.07, 6.45) is 5.99. The molecule has 2 aliphatic heterocycles. The summed E-state index contributed by atoms with van der Waals surface area (Å²) in [6, 6.07) is 8.10. The number of nitriles is 1. The van der Waals surface area contributed by atoms with Crippen molar-refractivity contribution in [1.29, 1.82) is 5.26 Å². The molecule has 0 bridgehead atoms. The van der Waals surface area contributed by atoms with Gasteiger partial charge < -0.3 is 14.6 Å². The van der Waals surface area contributed by atoms with E-state index in [0.717, 1.165) is 73.9 Å². The topological polar surface area (TPSA) is 69.3 Å². The van der Waals surface area contributed by atoms with E-state index in [1.807, 2.05) is 18.2 Å². The lowest BCUT2D eigenvalue weighted by Crippen LogP contribution is -2.45. The van der Waals surface area contributed by atoms with Crippen LogP contribution in [-0.4, -0.2) is 36.0 Å². The fourth-order valence-corrected chi connectivity index (χ4v) is 4.40. The van der Waals surface area contributed by atoms with Gasteiger partial charge in [0, 0.05) is 24.4 Å². The van der Waals surface area contributed by atoms with E-state index < -0.39 is 0 Å². The Kier molecular flexibility index (Phi) is 4.69. The van der Waals surface area contributed by atoms with Crippen LogP contribution in [0.2, 0.25) is 0 Å². The monoisotopic (exact) mass is 351 g/mol. The molecule has 2 aliphatic rings. The summed E-state index contributed by atoms with van der Waals surface area (Å²) in [5, 5.41) is 13.5. The number of nitrogens with one attached hydrogen (secondary N) is 1. The molecule has 0 aliphatic carbocycles. The molecule has 2 saturated heterocycles. The minimum Gasteiger partial charge on any atom is -0.461 e. The summed E-state index contributed by atoms with van der Waals surface area (Å²) < 4.78 is 6.03. The number of rotatable bonds is 4. The molecule has 1 amide bonds. The van der Waals surface area contributed by atoms with Gasteiger partial charge in [0.2, 0.25) is 5.91 Å². The number of hydrogen-bond acceptors (Lipinski definition) is 4. The standard InChI is InChI=1S/C21H25N3O2/c1-14-17-8-6-15(13-22)12-20(17)26-19(14)9-7-16-4-3-11-24(16)21(25)18-5-2-10-23-18/h6,8,12,16,18,23H,2-5,7,9-11H2,1H3. The molecule has 136 valence electrons. The number of carbonyl (C=O) groups is 1. The highest BCUT2D eigenvalue weighted by Gasteiger charge is 2.34. The zero-order valence-electron chi connectivity index (χ0n) is 15.3. The van der Waals surface area contributed by atoms with Crippen LogP contribution < -0.4 is 5.32 Å². The number of furan rings is 1. The summed E-state index contributed by atoms with van der Waals surface area (Å²) in [7, 11) is 0. The van der Waals surface area contributed by atoms with Gasteiger partial charge in [-0.2, -0.15) is 5.26 Å². The number of fused-ring (bicyclic) bond motifs is 1. The van der Waals surface area contributed by atoms with Crippen LogP contribution in [0.1, 0.15) is 49.0 Å². The van der Waals surface area contributed by atoms with Crippen molar-refractivity contribution in [2.75, 3.05) is 13.1 Å². The van der Waals surface area contributed by atoms with E-state index >= 15 is 0 Å². The van der Waals surface area contributed by atoms with E-state index in [2.05, 4.69) is 23.2 Å². The molecule has 1 aromatic carbocycles. The second kappa shape index (κ2) is 7.13. The minimum atomic E-state index is 0.0212. The molecule has 2 unspecified atom stereocenters. The molecule has 4 rings (SSSR count). The van der Waals surface area contributed by atoms with Crippen LogP contribution in [0, 0.1) is 18.3 Å². The zero-order chi connectivity index (χ0) is 18.1. The molecule has 5 heteroatoms. The molecule has 1 N–H and O–H groups in total. The lowest BCUT2D eigenvalue weighted by Gasteiger charge is -2.27. The molecular weight excluding hydrogens is 326 g/mol. The van der Waals surface area contributed by atoms with Crippen molar-refractivity contribution in [1.82, 2.24) is 10.2 Å². The van der Waals surface area contributed by atoms with Crippen molar-refractivity contribution in [3.8, 4) is 6.07 Å². The summed E-state index contributed by atoms with van der Waals surface area (Å²) in [6.45, 7) is 3.91. The Morgan fingerprint density at radius 1 is 1.38 bits per heavy atom. The molecule has 2 aromatic rings. The number of hydrogen-bond donors (Lipinski definition) is 1. The Balaban J connectivity index is 1.46. The third-order valence-corrected chi connectivity index (χ3v) is 5.89. The van der Waals surface area contributed by atoms with Gasteiger partial charge in [-0.15, -0.1) is 0 Å². The molecule has 5 nitrogen and oxygen atoms in total. The normalized spacial score (nSPS) is 22.8. The van der Waals surface area contributed by atoms with Crippen LogP contribution in [0.15, 0.2) is 22.6 Å². The van der Waals surface area contributed by atoms with Crippen LogP contribution in [-0.2, 0) is 11.2 Å². The minimum absolute atomic E-state index is 0.0212. The van der Waals surface area contributed by atoms with E-state index in [1.165, 1.54) is 0 Å². The Labute approximate surface area is 154 Å². The fourth-order valence-electron chi connectivity index (χ4n) is 4.40. The largest absolute Gasteiger partial charge is 0.461 e. The maximum atomic E-state index is 12.8. The van der Waals surface area contributed by atoms with Gasteiger partial charge in [0.15, 0.2) is 0 Å².